The maximum Gasteiger partial charge on any atom is 0.159 e. The van der Waals surface area contributed by atoms with Crippen LogP contribution in [0.1, 0.15) is 23.6 Å². The fourth-order valence-corrected chi connectivity index (χ4v) is 9.83. The first-order chi connectivity index (χ1) is 26.1. The molecule has 0 saturated carbocycles. The minimum Gasteiger partial charge on any atom is -0.454 e. The molecule has 0 amide bonds. The molecule has 0 radical (unpaired) electrons. The summed E-state index contributed by atoms with van der Waals surface area (Å²) < 4.78 is 9.61. The standard InChI is InChI=1S/C50H33NOS/c1-50(43-18-8-5-14-37(43)38-15-6-9-19-44(38)50)34-24-28-39-41-17-11-20-45(49(41)52-46(39)30-34)51(35-25-22-33(23-26-35)32-12-3-2-4-13-32)36-27-29-48-42(31-36)40-16-7-10-21-47(40)53-48/h2-31H,1H3. The molecule has 0 N–H and O–H groups in total. The van der Waals surface area contributed by atoms with Crippen molar-refractivity contribution in [1.29, 1.82) is 0 Å². The molecule has 2 heterocycles. The van der Waals surface area contributed by atoms with Crippen molar-refractivity contribution in [2.45, 2.75) is 12.3 Å². The molecule has 1 aliphatic carbocycles. The molecule has 0 bridgehead atoms. The lowest BCUT2D eigenvalue weighted by Gasteiger charge is -2.28. The van der Waals surface area contributed by atoms with E-state index in [9.17, 15) is 0 Å². The highest BCUT2D eigenvalue weighted by molar-refractivity contribution is 7.25. The fraction of sp³-hybridized carbons (Fsp3) is 0.0400. The predicted molar refractivity (Wildman–Crippen MR) is 224 cm³/mol. The minimum absolute atomic E-state index is 0.297. The summed E-state index contributed by atoms with van der Waals surface area (Å²) in [7, 11) is 0. The highest BCUT2D eigenvalue weighted by Gasteiger charge is 2.40. The highest BCUT2D eigenvalue weighted by Crippen LogP contribution is 2.53. The Morgan fingerprint density at radius 3 is 1.91 bits per heavy atom. The van der Waals surface area contributed by atoms with Gasteiger partial charge in [0.1, 0.15) is 5.58 Å². The number of nitrogens with zero attached hydrogens (tertiary/aromatic N) is 1. The Bertz CT molecular complexity index is 2980. The molecule has 2 aromatic heterocycles. The molecular formula is C50H33NOS. The van der Waals surface area contributed by atoms with Gasteiger partial charge < -0.3 is 9.32 Å². The average Bonchev–Trinajstić information content (AvgIpc) is 3.87. The van der Waals surface area contributed by atoms with Gasteiger partial charge in [0, 0.05) is 47.7 Å². The lowest BCUT2D eigenvalue weighted by atomic mass is 9.74. The van der Waals surface area contributed by atoms with Crippen molar-refractivity contribution in [3.05, 3.63) is 199 Å². The molecule has 250 valence electrons. The molecule has 0 atom stereocenters. The molecule has 0 spiro atoms. The van der Waals surface area contributed by atoms with E-state index < -0.39 is 0 Å². The van der Waals surface area contributed by atoms with Crippen LogP contribution in [0.3, 0.4) is 0 Å². The van der Waals surface area contributed by atoms with Gasteiger partial charge in [-0.25, -0.2) is 0 Å². The maximum atomic E-state index is 7.02. The summed E-state index contributed by atoms with van der Waals surface area (Å²) in [5.41, 5.74) is 13.5. The van der Waals surface area contributed by atoms with Crippen LogP contribution in [0.5, 0.6) is 0 Å². The second kappa shape index (κ2) is 11.5. The summed E-state index contributed by atoms with van der Waals surface area (Å²) in [6.07, 6.45) is 0. The smallest absolute Gasteiger partial charge is 0.159 e. The molecule has 0 aliphatic heterocycles. The minimum atomic E-state index is -0.297. The zero-order chi connectivity index (χ0) is 35.1. The number of thiophene rings is 1. The van der Waals surface area contributed by atoms with Crippen LogP contribution >= 0.6 is 11.3 Å². The quantitative estimate of drug-likeness (QED) is 0.178. The van der Waals surface area contributed by atoms with Crippen LogP contribution in [-0.2, 0) is 5.41 Å². The summed E-state index contributed by atoms with van der Waals surface area (Å²) in [4.78, 5) is 2.36. The van der Waals surface area contributed by atoms with Crippen molar-refractivity contribution in [2.75, 3.05) is 4.90 Å². The van der Waals surface area contributed by atoms with E-state index in [1.54, 1.807) is 0 Å². The van der Waals surface area contributed by atoms with Crippen molar-refractivity contribution in [1.82, 2.24) is 0 Å². The lowest BCUT2D eigenvalue weighted by Crippen LogP contribution is -2.22. The Hall–Kier alpha value is -6.42. The number of hydrogen-bond acceptors (Lipinski definition) is 3. The molecule has 8 aromatic carbocycles. The van der Waals surface area contributed by atoms with E-state index in [-0.39, 0.29) is 5.41 Å². The van der Waals surface area contributed by atoms with E-state index in [2.05, 4.69) is 194 Å². The Labute approximate surface area is 311 Å². The summed E-state index contributed by atoms with van der Waals surface area (Å²) >= 11 is 1.84. The van der Waals surface area contributed by atoms with Gasteiger partial charge >= 0.3 is 0 Å². The van der Waals surface area contributed by atoms with Gasteiger partial charge in [0.05, 0.1) is 5.69 Å². The zero-order valence-corrected chi connectivity index (χ0v) is 29.9. The Kier molecular flexibility index (Phi) is 6.58. The SMILES string of the molecule is CC1(c2ccc3c(c2)oc2c(N(c4ccc(-c5ccccc5)cc4)c4ccc5sc6ccccc6c5c4)cccc23)c2ccccc2-c2ccccc21. The normalized spacial score (nSPS) is 13.2. The van der Waals surface area contributed by atoms with Crippen molar-refractivity contribution in [2.24, 2.45) is 0 Å². The van der Waals surface area contributed by atoms with E-state index in [4.69, 9.17) is 4.42 Å². The molecular weight excluding hydrogens is 663 g/mol. The van der Waals surface area contributed by atoms with Gasteiger partial charge in [-0.15, -0.1) is 11.3 Å². The number of para-hydroxylation sites is 1. The van der Waals surface area contributed by atoms with Gasteiger partial charge in [-0.3, -0.25) is 0 Å². The second-order valence-corrected chi connectivity index (χ2v) is 15.3. The van der Waals surface area contributed by atoms with Crippen LogP contribution in [0.4, 0.5) is 17.1 Å². The topological polar surface area (TPSA) is 16.4 Å². The Morgan fingerprint density at radius 1 is 0.472 bits per heavy atom. The van der Waals surface area contributed by atoms with Gasteiger partial charge in [0.15, 0.2) is 5.58 Å². The summed E-state index contributed by atoms with van der Waals surface area (Å²) in [6, 6.07) is 66.1. The van der Waals surface area contributed by atoms with Crippen molar-refractivity contribution < 1.29 is 4.42 Å². The lowest BCUT2D eigenvalue weighted by molar-refractivity contribution is 0.662. The van der Waals surface area contributed by atoms with E-state index in [1.165, 1.54) is 59.1 Å². The number of fused-ring (bicyclic) bond motifs is 9. The van der Waals surface area contributed by atoms with Crippen molar-refractivity contribution in [3.8, 4) is 22.3 Å². The van der Waals surface area contributed by atoms with Gasteiger partial charge in [0.25, 0.3) is 0 Å². The number of benzene rings is 8. The molecule has 53 heavy (non-hydrogen) atoms. The van der Waals surface area contributed by atoms with Gasteiger partial charge in [-0.2, -0.15) is 0 Å². The van der Waals surface area contributed by atoms with E-state index in [1.807, 2.05) is 11.3 Å². The molecule has 1 aliphatic rings. The van der Waals surface area contributed by atoms with Crippen LogP contribution in [-0.4, -0.2) is 0 Å². The highest BCUT2D eigenvalue weighted by atomic mass is 32.1. The number of anilines is 3. The van der Waals surface area contributed by atoms with Crippen LogP contribution in [0.25, 0.3) is 64.4 Å². The molecule has 0 saturated heterocycles. The number of rotatable bonds is 5. The fourth-order valence-electron chi connectivity index (χ4n) is 8.75. The third-order valence-corrected chi connectivity index (χ3v) is 12.5. The predicted octanol–water partition coefficient (Wildman–Crippen LogP) is 14.4. The maximum absolute atomic E-state index is 7.02. The van der Waals surface area contributed by atoms with Crippen LogP contribution in [0.2, 0.25) is 0 Å². The van der Waals surface area contributed by atoms with E-state index in [0.717, 1.165) is 39.0 Å². The summed E-state index contributed by atoms with van der Waals surface area (Å²) in [5, 5.41) is 4.77. The first-order valence-corrected chi connectivity index (χ1v) is 19.0. The van der Waals surface area contributed by atoms with E-state index >= 15 is 0 Å². The molecule has 11 rings (SSSR count). The average molecular weight is 696 g/mol. The summed E-state index contributed by atoms with van der Waals surface area (Å²) in [5.74, 6) is 0. The number of hydrogen-bond donors (Lipinski definition) is 0. The van der Waals surface area contributed by atoms with Crippen molar-refractivity contribution >= 4 is 70.5 Å². The van der Waals surface area contributed by atoms with Gasteiger partial charge in [0.2, 0.25) is 0 Å². The van der Waals surface area contributed by atoms with Crippen LogP contribution in [0, 0.1) is 0 Å². The Morgan fingerprint density at radius 2 is 1.11 bits per heavy atom. The van der Waals surface area contributed by atoms with Crippen LogP contribution < -0.4 is 4.90 Å². The monoisotopic (exact) mass is 695 g/mol. The van der Waals surface area contributed by atoms with Gasteiger partial charge in [-0.05, 0) is 94.4 Å². The second-order valence-electron chi connectivity index (χ2n) is 14.2. The van der Waals surface area contributed by atoms with Crippen molar-refractivity contribution in [3.63, 3.8) is 0 Å². The molecule has 10 aromatic rings. The first kappa shape index (κ1) is 30.2. The number of furan rings is 1. The Balaban J connectivity index is 1.11. The third kappa shape index (κ3) is 4.51. The molecule has 0 unspecified atom stereocenters. The largest absolute Gasteiger partial charge is 0.454 e. The first-order valence-electron chi connectivity index (χ1n) is 18.2. The molecule has 2 nitrogen and oxygen atoms in total. The molecule has 0 fully saturated rings. The third-order valence-electron chi connectivity index (χ3n) is 11.4. The van der Waals surface area contributed by atoms with Gasteiger partial charge in [-0.1, -0.05) is 133 Å². The summed E-state index contributed by atoms with van der Waals surface area (Å²) in [6.45, 7) is 2.36. The molecule has 3 heteroatoms. The zero-order valence-electron chi connectivity index (χ0n) is 29.1. The van der Waals surface area contributed by atoms with Crippen LogP contribution in [0.15, 0.2) is 186 Å². The van der Waals surface area contributed by atoms with E-state index in [0.29, 0.717) is 0 Å².